The van der Waals surface area contributed by atoms with Crippen molar-refractivity contribution in [3.05, 3.63) is 89.5 Å². The maximum atomic E-state index is 12.8. The molecule has 34 heavy (non-hydrogen) atoms. The van der Waals surface area contributed by atoms with Gasteiger partial charge in [0.15, 0.2) is 0 Å². The molecule has 2 N–H and O–H groups in total. The maximum absolute atomic E-state index is 12.8. The zero-order valence-corrected chi connectivity index (χ0v) is 19.0. The minimum Gasteiger partial charge on any atom is -0.480 e. The Morgan fingerprint density at radius 2 is 1.56 bits per heavy atom. The molecule has 1 aliphatic rings. The number of carboxylic acid groups (broad SMARTS) is 1. The van der Waals surface area contributed by atoms with E-state index >= 15 is 0 Å². The maximum Gasteiger partial charge on any atom is 0.411 e. The fourth-order valence-corrected chi connectivity index (χ4v) is 4.28. The third-order valence-corrected chi connectivity index (χ3v) is 5.89. The second-order valence-corrected chi connectivity index (χ2v) is 8.45. The predicted molar refractivity (Wildman–Crippen MR) is 129 cm³/mol. The Kier molecular flexibility index (Phi) is 6.63. The lowest BCUT2D eigenvalue weighted by Crippen LogP contribution is -2.40. The molecule has 0 aliphatic heterocycles. The minimum atomic E-state index is -1.09. The highest BCUT2D eigenvalue weighted by atomic mass is 16.5. The van der Waals surface area contributed by atoms with Gasteiger partial charge in [0.05, 0.1) is 0 Å². The number of carbonyl (C=O) groups excluding carboxylic acids is 2. The second-order valence-electron chi connectivity index (χ2n) is 8.45. The van der Waals surface area contributed by atoms with Crippen molar-refractivity contribution in [3.63, 3.8) is 0 Å². The van der Waals surface area contributed by atoms with Crippen LogP contribution in [-0.2, 0) is 9.53 Å². The number of carboxylic acids is 1. The van der Waals surface area contributed by atoms with E-state index in [0.717, 1.165) is 22.3 Å². The van der Waals surface area contributed by atoms with Crippen LogP contribution < -0.4 is 5.32 Å². The summed E-state index contributed by atoms with van der Waals surface area (Å²) >= 11 is 0. The highest BCUT2D eigenvalue weighted by molar-refractivity contribution is 5.97. The number of fused-ring (bicyclic) bond motifs is 3. The summed E-state index contributed by atoms with van der Waals surface area (Å²) < 4.78 is 5.56. The third-order valence-electron chi connectivity index (χ3n) is 5.89. The Labute approximate surface area is 198 Å². The molecule has 2 amide bonds. The minimum absolute atomic E-state index is 0.0540. The van der Waals surface area contributed by atoms with Gasteiger partial charge in [0.2, 0.25) is 0 Å². The van der Waals surface area contributed by atoms with Crippen molar-refractivity contribution >= 4 is 23.7 Å². The molecule has 0 radical (unpaired) electrons. The molecule has 174 valence electrons. The Balaban J connectivity index is 1.44. The van der Waals surface area contributed by atoms with E-state index < -0.39 is 24.5 Å². The number of ether oxygens (including phenoxy) is 1. The van der Waals surface area contributed by atoms with Crippen molar-refractivity contribution in [1.82, 2.24) is 4.90 Å². The van der Waals surface area contributed by atoms with Gasteiger partial charge in [0, 0.05) is 23.2 Å². The number of anilines is 1. The van der Waals surface area contributed by atoms with Gasteiger partial charge in [-0.25, -0.2) is 4.79 Å². The third kappa shape index (κ3) is 4.78. The van der Waals surface area contributed by atoms with Crippen LogP contribution in [0.5, 0.6) is 0 Å². The van der Waals surface area contributed by atoms with Gasteiger partial charge in [-0.3, -0.25) is 14.9 Å². The van der Waals surface area contributed by atoms with Gasteiger partial charge in [-0.15, -0.1) is 0 Å². The second kappa shape index (κ2) is 9.79. The van der Waals surface area contributed by atoms with Gasteiger partial charge in [0.25, 0.3) is 5.91 Å². The smallest absolute Gasteiger partial charge is 0.411 e. The van der Waals surface area contributed by atoms with E-state index in [1.165, 1.54) is 11.0 Å². The predicted octanol–water partition coefficient (Wildman–Crippen LogP) is 4.98. The van der Waals surface area contributed by atoms with E-state index in [1.54, 1.807) is 32.0 Å². The monoisotopic (exact) mass is 458 g/mol. The molecule has 0 unspecified atom stereocenters. The molecule has 1 aliphatic carbocycles. The van der Waals surface area contributed by atoms with Crippen LogP contribution in [0.3, 0.4) is 0 Å². The summed E-state index contributed by atoms with van der Waals surface area (Å²) in [6, 6.07) is 22.3. The lowest BCUT2D eigenvalue weighted by Gasteiger charge is -2.25. The number of amides is 2. The molecule has 3 aromatic carbocycles. The molecule has 0 fully saturated rings. The van der Waals surface area contributed by atoms with Crippen LogP contribution in [0.2, 0.25) is 0 Å². The summed E-state index contributed by atoms with van der Waals surface area (Å²) in [4.78, 5) is 37.8. The van der Waals surface area contributed by atoms with Gasteiger partial charge in [0.1, 0.15) is 13.2 Å². The number of nitrogens with zero attached hydrogens (tertiary/aromatic N) is 1. The van der Waals surface area contributed by atoms with Crippen molar-refractivity contribution in [1.29, 1.82) is 0 Å². The first-order chi connectivity index (χ1) is 16.3. The molecule has 7 heteroatoms. The van der Waals surface area contributed by atoms with Crippen molar-refractivity contribution in [2.45, 2.75) is 25.8 Å². The molecule has 0 saturated heterocycles. The number of hydrogen-bond donors (Lipinski definition) is 2. The van der Waals surface area contributed by atoms with Gasteiger partial charge in [-0.2, -0.15) is 0 Å². The van der Waals surface area contributed by atoms with Crippen LogP contribution in [0.4, 0.5) is 10.5 Å². The largest absolute Gasteiger partial charge is 0.480 e. The highest BCUT2D eigenvalue weighted by Crippen LogP contribution is 2.44. The van der Waals surface area contributed by atoms with Gasteiger partial charge in [-0.05, 0) is 54.3 Å². The lowest BCUT2D eigenvalue weighted by molar-refractivity contribution is -0.138. The number of benzene rings is 3. The highest BCUT2D eigenvalue weighted by Gasteiger charge is 2.29. The first-order valence-corrected chi connectivity index (χ1v) is 11.1. The molecular weight excluding hydrogens is 432 g/mol. The molecule has 0 bridgehead atoms. The Morgan fingerprint density at radius 1 is 0.941 bits per heavy atom. The summed E-state index contributed by atoms with van der Waals surface area (Å²) in [7, 11) is 0. The number of nitrogens with one attached hydrogen (secondary N) is 1. The summed E-state index contributed by atoms with van der Waals surface area (Å²) in [6.07, 6.45) is -0.627. The average Bonchev–Trinajstić information content (AvgIpc) is 3.14. The Hall–Kier alpha value is -4.13. The SMILES string of the molecule is CC(C)N(CC(=O)O)C(=O)c1cccc(NC(=O)OCC2c3ccccc3-c3ccccc32)c1. The molecule has 4 rings (SSSR count). The Morgan fingerprint density at radius 3 is 2.15 bits per heavy atom. The molecule has 0 saturated carbocycles. The standard InChI is InChI=1S/C27H26N2O5/c1-17(2)29(15-25(30)31)26(32)18-8-7-9-19(14-18)28-27(33)34-16-24-22-12-5-3-10-20(22)21-11-4-6-13-23(21)24/h3-14,17,24H,15-16H2,1-2H3,(H,28,33)(H,30,31). The summed E-state index contributed by atoms with van der Waals surface area (Å²) in [6.45, 7) is 3.28. The fraction of sp³-hybridized carbons (Fsp3) is 0.222. The van der Waals surface area contributed by atoms with Crippen LogP contribution >= 0.6 is 0 Å². The summed E-state index contributed by atoms with van der Waals surface area (Å²) in [5.74, 6) is -1.56. The van der Waals surface area contributed by atoms with E-state index in [2.05, 4.69) is 17.4 Å². The topological polar surface area (TPSA) is 95.9 Å². The van der Waals surface area contributed by atoms with Crippen molar-refractivity contribution < 1.29 is 24.2 Å². The van der Waals surface area contributed by atoms with Crippen molar-refractivity contribution in [2.75, 3.05) is 18.5 Å². The number of rotatable bonds is 7. The van der Waals surface area contributed by atoms with Crippen molar-refractivity contribution in [3.8, 4) is 11.1 Å². The van der Waals surface area contributed by atoms with Gasteiger partial charge < -0.3 is 14.7 Å². The first kappa shape index (κ1) is 23.0. The number of hydrogen-bond acceptors (Lipinski definition) is 4. The zero-order valence-electron chi connectivity index (χ0n) is 19.0. The Bertz CT molecular complexity index is 1190. The van der Waals surface area contributed by atoms with E-state index in [0.29, 0.717) is 5.69 Å². The summed E-state index contributed by atoms with van der Waals surface area (Å²) in [5, 5.41) is 11.8. The van der Waals surface area contributed by atoms with E-state index in [-0.39, 0.29) is 24.1 Å². The summed E-state index contributed by atoms with van der Waals surface area (Å²) in [5.41, 5.74) is 5.21. The molecule has 7 nitrogen and oxygen atoms in total. The number of aliphatic carboxylic acids is 1. The molecule has 0 atom stereocenters. The quantitative estimate of drug-likeness (QED) is 0.520. The van der Waals surface area contributed by atoms with Crippen LogP contribution in [0.15, 0.2) is 72.8 Å². The van der Waals surface area contributed by atoms with E-state index in [4.69, 9.17) is 9.84 Å². The average molecular weight is 459 g/mol. The lowest BCUT2D eigenvalue weighted by atomic mass is 9.98. The van der Waals surface area contributed by atoms with Gasteiger partial charge >= 0.3 is 12.1 Å². The van der Waals surface area contributed by atoms with E-state index in [1.807, 2.05) is 36.4 Å². The molecule has 0 spiro atoms. The van der Waals surface area contributed by atoms with Gasteiger partial charge in [-0.1, -0.05) is 54.6 Å². The normalized spacial score (nSPS) is 12.1. The van der Waals surface area contributed by atoms with Crippen LogP contribution in [0.25, 0.3) is 11.1 Å². The van der Waals surface area contributed by atoms with Crippen LogP contribution in [0, 0.1) is 0 Å². The molecule has 0 heterocycles. The number of carbonyl (C=O) groups is 3. The van der Waals surface area contributed by atoms with Crippen LogP contribution in [0.1, 0.15) is 41.3 Å². The molecule has 0 aromatic heterocycles. The fourth-order valence-electron chi connectivity index (χ4n) is 4.28. The zero-order chi connectivity index (χ0) is 24.2. The molecular formula is C27H26N2O5. The van der Waals surface area contributed by atoms with Crippen molar-refractivity contribution in [2.24, 2.45) is 0 Å². The first-order valence-electron chi connectivity index (χ1n) is 11.1. The molecule has 3 aromatic rings. The van der Waals surface area contributed by atoms with Crippen LogP contribution in [-0.4, -0.2) is 47.2 Å². The van der Waals surface area contributed by atoms with E-state index in [9.17, 15) is 14.4 Å².